The second-order valence-electron chi connectivity index (χ2n) is 26.9. The van der Waals surface area contributed by atoms with Gasteiger partial charge in [-0.1, -0.05) is 48.0 Å². The predicted octanol–water partition coefficient (Wildman–Crippen LogP) is 5.87. The highest BCUT2D eigenvalue weighted by Gasteiger charge is 2.55. The van der Waals surface area contributed by atoms with Crippen LogP contribution in [0.25, 0.3) is 16.6 Å². The summed E-state index contributed by atoms with van der Waals surface area (Å²) in [5.41, 5.74) is 14.1. The average molecular weight is 1600 g/mol. The topological polar surface area (TPSA) is 444 Å². The molecule has 2 aliphatic carbocycles. The number of carbonyl (C=O) groups excluding carboxylic acids is 3. The number of hydrogen-bond donors (Lipinski definition) is 7. The van der Waals surface area contributed by atoms with Gasteiger partial charge >= 0.3 is 18.1 Å². The maximum absolute atomic E-state index is 12.6. The Morgan fingerprint density at radius 2 is 1.08 bits per heavy atom. The first kappa shape index (κ1) is 86.8. The molecule has 10 heterocycles. The first-order valence-electron chi connectivity index (χ1n) is 34.0. The Labute approximate surface area is 634 Å². The number of hydrogen-bond acceptors (Lipinski definition) is 22. The number of halogens is 4. The molecule has 10 aromatic rings. The number of alkyl halides is 3. The number of nitrogens with zero attached hydrogens (tertiary/aromatic N) is 12. The third-order valence-corrected chi connectivity index (χ3v) is 23.4. The van der Waals surface area contributed by atoms with Crippen LogP contribution in [0.3, 0.4) is 0 Å². The molecule has 109 heavy (non-hydrogen) atoms. The van der Waals surface area contributed by atoms with Gasteiger partial charge in [0.15, 0.2) is 11.0 Å². The minimum Gasteiger partial charge on any atom is -0.542 e. The Hall–Kier alpha value is -9.40. The number of ether oxygens (including phenoxy) is 2. The van der Waals surface area contributed by atoms with Gasteiger partial charge in [-0.25, -0.2) is 53.9 Å². The van der Waals surface area contributed by atoms with E-state index >= 15 is 0 Å². The molecule has 0 unspecified atom stereocenters. The number of carboxylic acids is 1. The maximum Gasteiger partial charge on any atom is 0.430 e. The van der Waals surface area contributed by atoms with Crippen LogP contribution in [0.2, 0.25) is 5.15 Å². The number of aromatic amines is 2. The number of carboxylic acid groups (broad SMARTS) is 1. The van der Waals surface area contributed by atoms with Gasteiger partial charge in [0.25, 0.3) is 33.3 Å². The van der Waals surface area contributed by atoms with Gasteiger partial charge in [0.05, 0.1) is 13.2 Å². The molecule has 2 aromatic carbocycles. The minimum absolute atomic E-state index is 0.0184. The Morgan fingerprint density at radius 3 is 1.48 bits per heavy atom. The molecule has 2 spiro atoms. The van der Waals surface area contributed by atoms with Crippen molar-refractivity contribution >= 4 is 90.3 Å². The van der Waals surface area contributed by atoms with Crippen molar-refractivity contribution < 1.29 is 68.2 Å². The summed E-state index contributed by atoms with van der Waals surface area (Å²) in [4.78, 5) is 58.8. The highest BCUT2D eigenvalue weighted by molar-refractivity contribution is 7.87. The largest absolute Gasteiger partial charge is 0.542 e. The molecular formula is C70H93ClF3N19O13PS2-. The number of aryl methyl sites for hydroxylation is 10. The highest BCUT2D eigenvalue weighted by atomic mass is 35.5. The van der Waals surface area contributed by atoms with E-state index in [4.69, 9.17) is 57.6 Å². The van der Waals surface area contributed by atoms with Crippen LogP contribution in [-0.2, 0) is 43.9 Å². The van der Waals surface area contributed by atoms with Crippen molar-refractivity contribution in [2.24, 2.45) is 27.0 Å². The number of rotatable bonds is 12. The molecule has 592 valence electrons. The Bertz CT molecular complexity index is 5140. The fraction of sp³-hybridized carbons (Fsp3) is 0.414. The quantitative estimate of drug-likeness (QED) is 0.0325. The zero-order valence-corrected chi connectivity index (χ0v) is 66.2. The van der Waals surface area contributed by atoms with Gasteiger partial charge in [0.1, 0.15) is 52.9 Å². The number of carbonyl (C=O) groups is 3. The van der Waals surface area contributed by atoms with Crippen LogP contribution in [-0.4, -0.2) is 169 Å². The van der Waals surface area contributed by atoms with E-state index in [1.807, 2.05) is 127 Å². The van der Waals surface area contributed by atoms with Crippen molar-refractivity contribution in [3.8, 4) is 0 Å². The van der Waals surface area contributed by atoms with E-state index in [1.54, 1.807) is 67.6 Å². The molecule has 32 nitrogen and oxygen atoms in total. The van der Waals surface area contributed by atoms with E-state index in [0.29, 0.717) is 51.3 Å². The van der Waals surface area contributed by atoms with E-state index in [2.05, 4.69) is 58.4 Å². The summed E-state index contributed by atoms with van der Waals surface area (Å²) in [7, 11) is -7.10. The van der Waals surface area contributed by atoms with Crippen molar-refractivity contribution in [2.45, 2.75) is 127 Å². The Morgan fingerprint density at radius 1 is 0.651 bits per heavy atom. The van der Waals surface area contributed by atoms with Gasteiger partial charge in [0, 0.05) is 96.9 Å². The van der Waals surface area contributed by atoms with E-state index in [0.717, 1.165) is 119 Å². The molecule has 0 bridgehead atoms. The molecule has 0 radical (unpaired) electrons. The van der Waals surface area contributed by atoms with Gasteiger partial charge < -0.3 is 45.4 Å². The van der Waals surface area contributed by atoms with E-state index in [-0.39, 0.29) is 35.0 Å². The van der Waals surface area contributed by atoms with Gasteiger partial charge in [-0.05, 0) is 197 Å². The average Bonchev–Trinajstić information content (AvgIpc) is 1.67. The van der Waals surface area contributed by atoms with Crippen LogP contribution in [0.1, 0.15) is 117 Å². The molecule has 11 N–H and O–H groups in total. The summed E-state index contributed by atoms with van der Waals surface area (Å²) in [5, 5.41) is 36.4. The molecule has 8 aromatic heterocycles. The van der Waals surface area contributed by atoms with Crippen LogP contribution in [0.5, 0.6) is 0 Å². The molecule has 2 saturated carbocycles. The zero-order chi connectivity index (χ0) is 81.1. The van der Waals surface area contributed by atoms with Crippen molar-refractivity contribution in [1.29, 1.82) is 0 Å². The lowest BCUT2D eigenvalue weighted by Gasteiger charge is -2.60. The molecule has 14 rings (SSSR count). The smallest absolute Gasteiger partial charge is 0.430 e. The van der Waals surface area contributed by atoms with Gasteiger partial charge in [-0.15, -0.1) is 0 Å². The lowest BCUT2D eigenvalue weighted by atomic mass is 9.60. The van der Waals surface area contributed by atoms with Gasteiger partial charge in [-0.2, -0.15) is 53.9 Å². The summed E-state index contributed by atoms with van der Waals surface area (Å²) < 4.78 is 113. The molecule has 2 saturated heterocycles. The van der Waals surface area contributed by atoms with Gasteiger partial charge in [0.2, 0.25) is 0 Å². The summed E-state index contributed by atoms with van der Waals surface area (Å²) in [6.07, 6.45) is 2.88. The van der Waals surface area contributed by atoms with Gasteiger partial charge in [-0.3, -0.25) is 14.0 Å². The van der Waals surface area contributed by atoms with Crippen molar-refractivity contribution in [2.75, 3.05) is 64.2 Å². The maximum atomic E-state index is 12.6. The SMILES string of the molecule is CCOC(=O)c1[nH]c(C)cc1C.CCOC(=O)c1c(C)cc(C)n1N.CN(C1CC2(CNC2)C1)S(N)(=O)=O.Cc1cc(C)n2nc[nH]c(=O)c12.Cc1cc(C)n2ncnc(Cl)c12.Cc1cc(C)n2ncnc(N3CC4(CC(N(C)S(N)(=O)=O)C4)C3)c12.NOP(=O)(c1ccccc1)c1ccccc1.O=C([O-])C(F)(F)F. The van der Waals surface area contributed by atoms with Crippen molar-refractivity contribution in [1.82, 2.24) is 67.4 Å². The van der Waals surface area contributed by atoms with Crippen molar-refractivity contribution in [3.05, 3.63) is 193 Å². The van der Waals surface area contributed by atoms with E-state index in [9.17, 15) is 49.0 Å². The first-order chi connectivity index (χ1) is 51.0. The normalized spacial score (nSPS) is 14.9. The molecule has 4 aliphatic rings. The molecule has 4 fully saturated rings. The van der Waals surface area contributed by atoms with Crippen LogP contribution in [0.15, 0.2) is 115 Å². The standard InChI is InChI=1S/C15H22N6O2S.C12H12NO2P.C9H14N2O2.C9H13NO2.C8H8ClN3.C8H9N3O.C7H15N3O2S.C2HF3O2/c1-10-4-11(2)21-13(10)14(17-9-18-21)20-7-15(8-20)5-12(6-15)19(3)24(16,22)23;13-15-16(14,11-7-3-1-4-8-11)12-9-5-2-6-10-12;1-4-13-9(12)8-6(2)5-7(3)11(8)10;1-4-12-9(11)8-6(2)5-7(3)10-8;1-5-3-6(2)12-7(5)8(9)10-4-11-12;1-5-3-6(2)11-7(5)8(12)9-4-10-11;1-10(13(8,11)12)6-2-7(3-6)4-9-5-7;3-2(4,5)1(6)7/h4,9,12H,5-8H2,1-3H3,(H2,16,22,23);1-10H,13H2;5H,4,10H2,1-3H3;5,10H,4H2,1-3H3;3-4H,1-2H3;3-4H,1-2H3,(H,9,10,12);6,9H,2-5H2,1H3,(H2,8,11,12);(H,6,7)/p-1. The molecule has 2 aliphatic heterocycles. The number of benzene rings is 2. The lowest BCUT2D eigenvalue weighted by Crippen LogP contribution is -2.67. The lowest BCUT2D eigenvalue weighted by molar-refractivity contribution is -0.344. The van der Waals surface area contributed by atoms with Crippen LogP contribution in [0.4, 0.5) is 19.0 Å². The van der Waals surface area contributed by atoms with E-state index < -0.39 is 39.9 Å². The molecular weight excluding hydrogens is 1500 g/mol. The number of fused-ring (bicyclic) bond motifs is 3. The number of aromatic nitrogens is 11. The van der Waals surface area contributed by atoms with Crippen LogP contribution in [0, 0.1) is 80.1 Å². The number of nitrogen functional groups attached to an aromatic ring is 1. The Balaban J connectivity index is 0.000000177. The van der Waals surface area contributed by atoms with E-state index in [1.165, 1.54) is 31.5 Å². The molecule has 39 heteroatoms. The summed E-state index contributed by atoms with van der Waals surface area (Å²) in [6, 6.07) is 28.0. The molecule has 0 amide bonds. The van der Waals surface area contributed by atoms with Crippen LogP contribution >= 0.6 is 19.0 Å². The number of nitrogens with two attached hydrogens (primary N) is 4. The number of anilines is 1. The minimum atomic E-state index is -5.19. The first-order valence-corrected chi connectivity index (χ1v) is 39.1. The fourth-order valence-electron chi connectivity index (χ4n) is 13.1. The second kappa shape index (κ2) is 36.0. The highest BCUT2D eigenvalue weighted by Crippen LogP contribution is 2.52. The van der Waals surface area contributed by atoms with Crippen LogP contribution < -0.4 is 53.5 Å². The molecule has 0 atom stereocenters. The summed E-state index contributed by atoms with van der Waals surface area (Å²) in [6.45, 7) is 27.6. The monoisotopic (exact) mass is 1590 g/mol. The number of H-pyrrole nitrogens is 2. The number of esters is 2. The predicted molar refractivity (Wildman–Crippen MR) is 405 cm³/mol. The van der Waals surface area contributed by atoms with Crippen molar-refractivity contribution in [3.63, 3.8) is 0 Å². The number of aliphatic carboxylic acids is 1. The Kier molecular flexibility index (Phi) is 28.7. The number of nitrogens with one attached hydrogen (secondary N) is 3. The summed E-state index contributed by atoms with van der Waals surface area (Å²) in [5.74, 6) is 8.17. The third-order valence-electron chi connectivity index (χ3n) is 18.7. The second-order valence-corrected chi connectivity index (χ2v) is 32.8. The zero-order valence-electron chi connectivity index (χ0n) is 62.9. The third kappa shape index (κ3) is 20.9. The fourth-order valence-corrected chi connectivity index (χ4v) is 16.2. The summed E-state index contributed by atoms with van der Waals surface area (Å²) >= 11 is 5.90.